The van der Waals surface area contributed by atoms with Crippen molar-refractivity contribution in [2.75, 3.05) is 5.32 Å². The zero-order valence-corrected chi connectivity index (χ0v) is 16.3. The van der Waals surface area contributed by atoms with Crippen LogP contribution in [0, 0.1) is 13.8 Å². The summed E-state index contributed by atoms with van der Waals surface area (Å²) in [5.41, 5.74) is 6.75. The zero-order valence-electron chi connectivity index (χ0n) is 16.3. The van der Waals surface area contributed by atoms with E-state index in [4.69, 9.17) is 4.99 Å². The van der Waals surface area contributed by atoms with Gasteiger partial charge in [-0.25, -0.2) is 0 Å². The van der Waals surface area contributed by atoms with Crippen LogP contribution in [-0.2, 0) is 6.54 Å². The molecule has 1 heterocycles. The van der Waals surface area contributed by atoms with Gasteiger partial charge >= 0.3 is 0 Å². The number of hydrogen-bond acceptors (Lipinski definition) is 2. The van der Waals surface area contributed by atoms with Crippen molar-refractivity contribution in [3.8, 4) is 0 Å². The monoisotopic (exact) mass is 362 g/mol. The van der Waals surface area contributed by atoms with Crippen molar-refractivity contribution in [2.45, 2.75) is 20.4 Å². The van der Waals surface area contributed by atoms with Crippen molar-refractivity contribution in [1.82, 2.24) is 0 Å². The van der Waals surface area contributed by atoms with Crippen LogP contribution < -0.4 is 15.9 Å². The molecule has 0 atom stereocenters. The summed E-state index contributed by atoms with van der Waals surface area (Å²) in [7, 11) is 0. The van der Waals surface area contributed by atoms with Gasteiger partial charge in [0, 0.05) is 22.3 Å². The summed E-state index contributed by atoms with van der Waals surface area (Å²) in [4.78, 5) is 4.91. The zero-order chi connectivity index (χ0) is 19.4. The van der Waals surface area contributed by atoms with Gasteiger partial charge in [0.25, 0.3) is 0 Å². The summed E-state index contributed by atoms with van der Waals surface area (Å²) in [5, 5.41) is 10.5. The molecule has 0 fully saturated rings. The van der Waals surface area contributed by atoms with Crippen LogP contribution in [0.2, 0.25) is 0 Å². The Morgan fingerprint density at radius 3 is 2.57 bits per heavy atom. The molecule has 1 N–H and O–H groups in total. The number of aryl methyl sites for hydroxylation is 2. The van der Waals surface area contributed by atoms with Gasteiger partial charge in [-0.1, -0.05) is 61.7 Å². The predicted octanol–water partition coefficient (Wildman–Crippen LogP) is 5.24. The molecule has 1 aliphatic rings. The van der Waals surface area contributed by atoms with Gasteiger partial charge < -0.3 is 5.32 Å². The lowest BCUT2D eigenvalue weighted by Crippen LogP contribution is -2.15. The summed E-state index contributed by atoms with van der Waals surface area (Å²) in [5.74, 6) is 0. The molecule has 0 spiro atoms. The highest BCUT2D eigenvalue weighted by Gasteiger charge is 2.18. The lowest BCUT2D eigenvalue weighted by atomic mass is 9.94. The van der Waals surface area contributed by atoms with E-state index in [2.05, 4.69) is 86.9 Å². The third-order valence-corrected chi connectivity index (χ3v) is 5.78. The second-order valence-electron chi connectivity index (χ2n) is 7.63. The maximum Gasteiger partial charge on any atom is 0.0753 e. The second kappa shape index (κ2) is 6.07. The van der Waals surface area contributed by atoms with Gasteiger partial charge in [0.05, 0.1) is 11.9 Å². The topological polar surface area (TPSA) is 24.4 Å². The largest absolute Gasteiger partial charge is 0.355 e. The van der Waals surface area contributed by atoms with Crippen LogP contribution in [0.15, 0.2) is 66.2 Å². The van der Waals surface area contributed by atoms with E-state index < -0.39 is 0 Å². The van der Waals surface area contributed by atoms with Crippen LogP contribution in [0.3, 0.4) is 0 Å². The average Bonchev–Trinajstić information content (AvgIpc) is 3.14. The van der Waals surface area contributed by atoms with E-state index in [0.29, 0.717) is 6.54 Å². The molecule has 0 aliphatic carbocycles. The Morgan fingerprint density at radius 1 is 0.964 bits per heavy atom. The first-order valence-electron chi connectivity index (χ1n) is 9.58. The van der Waals surface area contributed by atoms with Crippen molar-refractivity contribution < 1.29 is 0 Å². The third kappa shape index (κ3) is 2.38. The maximum absolute atomic E-state index is 4.91. The van der Waals surface area contributed by atoms with Crippen molar-refractivity contribution in [2.24, 2.45) is 4.99 Å². The smallest absolute Gasteiger partial charge is 0.0753 e. The van der Waals surface area contributed by atoms with Crippen molar-refractivity contribution in [3.05, 3.63) is 94.0 Å². The van der Waals surface area contributed by atoms with Gasteiger partial charge in [-0.2, -0.15) is 0 Å². The normalized spacial score (nSPS) is 12.4. The van der Waals surface area contributed by atoms with E-state index in [9.17, 15) is 0 Å². The molecule has 0 amide bonds. The highest BCUT2D eigenvalue weighted by Crippen LogP contribution is 2.28. The highest BCUT2D eigenvalue weighted by molar-refractivity contribution is 6.04. The fraction of sp³-hybridized carbons (Fsp3) is 0.115. The summed E-state index contributed by atoms with van der Waals surface area (Å²) in [6, 6.07) is 19.2. The molecule has 136 valence electrons. The van der Waals surface area contributed by atoms with E-state index in [1.807, 2.05) is 0 Å². The number of rotatable bonds is 3. The molecule has 1 aliphatic heterocycles. The standard InChI is InChI=1S/C26H22N2/c1-15-9-10-16(2)24(13-15)28-18(4)21-12-11-20-17(3)19-7-5-6-8-22(19)23-14-27-26(21)25(20)23/h5-13,28H,3-4,14H2,1-2H3. The van der Waals surface area contributed by atoms with Crippen molar-refractivity contribution >= 4 is 39.5 Å². The summed E-state index contributed by atoms with van der Waals surface area (Å²) >= 11 is 0. The number of hydrogen-bond donors (Lipinski definition) is 1. The van der Waals surface area contributed by atoms with Gasteiger partial charge in [-0.15, -0.1) is 0 Å². The number of anilines is 1. The maximum atomic E-state index is 4.91. The van der Waals surface area contributed by atoms with Gasteiger partial charge in [0.2, 0.25) is 0 Å². The van der Waals surface area contributed by atoms with Crippen LogP contribution in [0.1, 0.15) is 22.3 Å². The molecule has 5 rings (SSSR count). The molecular formula is C26H22N2. The first-order valence-corrected chi connectivity index (χ1v) is 9.58. The number of nitrogens with zero attached hydrogens (tertiary/aromatic N) is 1. The Labute approximate surface area is 164 Å². The Balaban J connectivity index is 1.71. The quantitative estimate of drug-likeness (QED) is 0.496. The molecule has 4 aromatic rings. The molecule has 2 heteroatoms. The minimum Gasteiger partial charge on any atom is -0.355 e. The van der Waals surface area contributed by atoms with Crippen molar-refractivity contribution in [1.29, 1.82) is 0 Å². The average molecular weight is 362 g/mol. The van der Waals surface area contributed by atoms with Crippen LogP contribution in [-0.4, -0.2) is 0 Å². The van der Waals surface area contributed by atoms with E-state index in [1.54, 1.807) is 0 Å². The Morgan fingerprint density at radius 2 is 1.75 bits per heavy atom. The lowest BCUT2D eigenvalue weighted by Gasteiger charge is -2.14. The molecule has 0 saturated carbocycles. The van der Waals surface area contributed by atoms with Crippen LogP contribution >= 0.6 is 0 Å². The van der Waals surface area contributed by atoms with E-state index in [0.717, 1.165) is 27.5 Å². The number of nitrogens with one attached hydrogen (secondary N) is 1. The lowest BCUT2D eigenvalue weighted by molar-refractivity contribution is 1.08. The van der Waals surface area contributed by atoms with Crippen LogP contribution in [0.4, 0.5) is 5.69 Å². The van der Waals surface area contributed by atoms with Gasteiger partial charge in [0.15, 0.2) is 0 Å². The van der Waals surface area contributed by atoms with Gasteiger partial charge in [-0.3, -0.25) is 4.99 Å². The fourth-order valence-corrected chi connectivity index (χ4v) is 4.27. The molecule has 0 radical (unpaired) electrons. The number of benzene rings is 4. The fourth-order valence-electron chi connectivity index (χ4n) is 4.27. The molecule has 0 saturated heterocycles. The molecular weight excluding hydrogens is 340 g/mol. The number of fused-ring (bicyclic) bond motifs is 2. The van der Waals surface area contributed by atoms with Crippen molar-refractivity contribution in [3.63, 3.8) is 0 Å². The summed E-state index contributed by atoms with van der Waals surface area (Å²) in [6.45, 7) is 13.6. The molecule has 0 aromatic heterocycles. The SMILES string of the molecule is C=C(Nc1cc(C)ccc1C)c1ccc2c(=C)c3ccccc3c3c2c1=NC3. The Hall–Kier alpha value is -3.39. The first kappa shape index (κ1) is 16.8. The molecule has 28 heavy (non-hydrogen) atoms. The van der Waals surface area contributed by atoms with E-state index in [-0.39, 0.29) is 0 Å². The minimum absolute atomic E-state index is 0.709. The highest BCUT2D eigenvalue weighted by atomic mass is 14.9. The first-order chi connectivity index (χ1) is 13.5. The van der Waals surface area contributed by atoms with E-state index >= 15 is 0 Å². The predicted molar refractivity (Wildman–Crippen MR) is 120 cm³/mol. The van der Waals surface area contributed by atoms with Gasteiger partial charge in [-0.05, 0) is 58.0 Å². The summed E-state index contributed by atoms with van der Waals surface area (Å²) < 4.78 is 0. The minimum atomic E-state index is 0.709. The van der Waals surface area contributed by atoms with Crippen LogP contribution in [0.25, 0.3) is 33.8 Å². The van der Waals surface area contributed by atoms with E-state index in [1.165, 1.54) is 38.2 Å². The summed E-state index contributed by atoms with van der Waals surface area (Å²) in [6.07, 6.45) is 0. The molecule has 4 aromatic carbocycles. The molecule has 2 nitrogen and oxygen atoms in total. The molecule has 0 bridgehead atoms. The van der Waals surface area contributed by atoms with Crippen LogP contribution in [0.5, 0.6) is 0 Å². The molecule has 0 unspecified atom stereocenters. The Kier molecular flexibility index (Phi) is 3.63. The van der Waals surface area contributed by atoms with Gasteiger partial charge in [0.1, 0.15) is 0 Å². The Bertz CT molecular complexity index is 1410. The third-order valence-electron chi connectivity index (χ3n) is 5.78. The second-order valence-corrected chi connectivity index (χ2v) is 7.63.